The van der Waals surface area contributed by atoms with E-state index >= 15 is 0 Å². The van der Waals surface area contributed by atoms with Crippen LogP contribution in [0.25, 0.3) is 0 Å². The van der Waals surface area contributed by atoms with E-state index < -0.39 is 23.9 Å². The Morgan fingerprint density at radius 3 is 2.36 bits per heavy atom. The van der Waals surface area contributed by atoms with Crippen LogP contribution in [-0.4, -0.2) is 42.1 Å². The molecular weight excluding hydrogens is 536 g/mol. The zero-order valence-electron chi connectivity index (χ0n) is 24.3. The molecule has 0 saturated heterocycles. The first-order chi connectivity index (χ1) is 20.0. The van der Waals surface area contributed by atoms with Gasteiger partial charge in [0.25, 0.3) is 5.91 Å². The number of hydrogen-bond donors (Lipinski definition) is 5. The highest BCUT2D eigenvalue weighted by Crippen LogP contribution is 2.30. The van der Waals surface area contributed by atoms with Crippen molar-refractivity contribution >= 4 is 35.2 Å². The standard InChI is InChI=1S/C32H38N4O6/c1-20(2)15-27(36-29(37)18-33-32(41)34-24-11-8-10-23(16-24)17-31(39)40)25-12-5-6-14-28(25)42-19-30(38)35-26-13-7-9-21(3)22(26)4/h5-14,16,20,27H,15,17-19H2,1-4H3,(H,35,38)(H,36,37)(H,39,40)(H2,33,34,41). The van der Waals surface area contributed by atoms with Gasteiger partial charge in [-0.3, -0.25) is 14.4 Å². The molecule has 0 bridgehead atoms. The molecule has 4 amide bonds. The molecule has 0 aliphatic carbocycles. The predicted octanol–water partition coefficient (Wildman–Crippen LogP) is 4.97. The lowest BCUT2D eigenvalue weighted by Crippen LogP contribution is -2.40. The van der Waals surface area contributed by atoms with E-state index in [0.29, 0.717) is 23.4 Å². The number of rotatable bonds is 13. The first-order valence-corrected chi connectivity index (χ1v) is 13.7. The lowest BCUT2D eigenvalue weighted by molar-refractivity contribution is -0.136. The van der Waals surface area contributed by atoms with E-state index in [4.69, 9.17) is 9.84 Å². The van der Waals surface area contributed by atoms with Gasteiger partial charge in [0.2, 0.25) is 5.91 Å². The number of aryl methyl sites for hydroxylation is 1. The number of carbonyl (C=O) groups is 4. The fourth-order valence-electron chi connectivity index (χ4n) is 4.37. The van der Waals surface area contributed by atoms with Crippen molar-refractivity contribution in [3.8, 4) is 5.75 Å². The van der Waals surface area contributed by atoms with Crippen molar-refractivity contribution in [2.45, 2.75) is 46.6 Å². The molecule has 0 saturated carbocycles. The molecular formula is C32H38N4O6. The van der Waals surface area contributed by atoms with Crippen molar-refractivity contribution in [1.29, 1.82) is 0 Å². The molecule has 10 heteroatoms. The maximum Gasteiger partial charge on any atom is 0.319 e. The van der Waals surface area contributed by atoms with Crippen LogP contribution >= 0.6 is 0 Å². The smallest absolute Gasteiger partial charge is 0.319 e. The predicted molar refractivity (Wildman–Crippen MR) is 162 cm³/mol. The Kier molecular flexibility index (Phi) is 11.5. The molecule has 3 aromatic rings. The van der Waals surface area contributed by atoms with Crippen molar-refractivity contribution in [2.24, 2.45) is 5.92 Å². The molecule has 0 radical (unpaired) electrons. The maximum absolute atomic E-state index is 12.9. The number of carboxylic acid groups (broad SMARTS) is 1. The number of urea groups is 1. The van der Waals surface area contributed by atoms with Crippen LogP contribution in [0.2, 0.25) is 0 Å². The van der Waals surface area contributed by atoms with E-state index in [2.05, 4.69) is 21.3 Å². The SMILES string of the molecule is Cc1cccc(NC(=O)COc2ccccc2C(CC(C)C)NC(=O)CNC(=O)Nc2cccc(CC(=O)O)c2)c1C. The van der Waals surface area contributed by atoms with Gasteiger partial charge < -0.3 is 31.1 Å². The van der Waals surface area contributed by atoms with Crippen molar-refractivity contribution in [1.82, 2.24) is 10.6 Å². The third-order valence-corrected chi connectivity index (χ3v) is 6.52. The van der Waals surface area contributed by atoms with Gasteiger partial charge in [0, 0.05) is 16.9 Å². The van der Waals surface area contributed by atoms with E-state index in [0.717, 1.165) is 22.4 Å². The van der Waals surface area contributed by atoms with Gasteiger partial charge in [-0.15, -0.1) is 0 Å². The van der Waals surface area contributed by atoms with Crippen LogP contribution in [0.5, 0.6) is 5.75 Å². The Labute approximate surface area is 245 Å². The van der Waals surface area contributed by atoms with Crippen LogP contribution < -0.4 is 26.0 Å². The number of carbonyl (C=O) groups excluding carboxylic acids is 3. The fraction of sp³-hybridized carbons (Fsp3) is 0.312. The van der Waals surface area contributed by atoms with Crippen LogP contribution in [0.1, 0.15) is 48.6 Å². The van der Waals surface area contributed by atoms with Crippen LogP contribution in [0.15, 0.2) is 66.7 Å². The van der Waals surface area contributed by atoms with E-state index in [9.17, 15) is 19.2 Å². The Balaban J connectivity index is 1.60. The van der Waals surface area contributed by atoms with Gasteiger partial charge in [-0.1, -0.05) is 56.3 Å². The monoisotopic (exact) mass is 574 g/mol. The summed E-state index contributed by atoms with van der Waals surface area (Å²) in [5.41, 5.74) is 4.46. The molecule has 0 aliphatic rings. The molecule has 0 fully saturated rings. The quantitative estimate of drug-likeness (QED) is 0.195. The Bertz CT molecular complexity index is 1420. The second-order valence-corrected chi connectivity index (χ2v) is 10.5. The van der Waals surface area contributed by atoms with Gasteiger partial charge in [-0.05, 0) is 67.1 Å². The van der Waals surface area contributed by atoms with E-state index in [1.54, 1.807) is 36.4 Å². The molecule has 10 nitrogen and oxygen atoms in total. The third-order valence-electron chi connectivity index (χ3n) is 6.52. The minimum Gasteiger partial charge on any atom is -0.483 e. The first-order valence-electron chi connectivity index (χ1n) is 13.7. The second-order valence-electron chi connectivity index (χ2n) is 10.5. The van der Waals surface area contributed by atoms with Gasteiger partial charge in [0.05, 0.1) is 19.0 Å². The number of hydrogen-bond acceptors (Lipinski definition) is 5. The fourth-order valence-corrected chi connectivity index (χ4v) is 4.37. The first kappa shape index (κ1) is 31.7. The highest BCUT2D eigenvalue weighted by molar-refractivity contribution is 5.93. The zero-order valence-corrected chi connectivity index (χ0v) is 24.3. The minimum atomic E-state index is -0.975. The molecule has 0 spiro atoms. The molecule has 42 heavy (non-hydrogen) atoms. The summed E-state index contributed by atoms with van der Waals surface area (Å²) < 4.78 is 5.90. The molecule has 3 rings (SSSR count). The molecule has 0 aliphatic heterocycles. The summed E-state index contributed by atoms with van der Waals surface area (Å²) in [4.78, 5) is 48.8. The lowest BCUT2D eigenvalue weighted by Gasteiger charge is -2.24. The second kappa shape index (κ2) is 15.2. The van der Waals surface area contributed by atoms with Crippen LogP contribution in [0, 0.1) is 19.8 Å². The number of para-hydroxylation sites is 1. The summed E-state index contributed by atoms with van der Waals surface area (Å²) in [6, 6.07) is 18.4. The average molecular weight is 575 g/mol. The van der Waals surface area contributed by atoms with E-state index in [-0.39, 0.29) is 31.4 Å². The van der Waals surface area contributed by atoms with Crippen LogP contribution in [0.4, 0.5) is 16.2 Å². The van der Waals surface area contributed by atoms with Crippen molar-refractivity contribution in [3.63, 3.8) is 0 Å². The molecule has 0 aromatic heterocycles. The summed E-state index contributed by atoms with van der Waals surface area (Å²) in [6.07, 6.45) is 0.433. The average Bonchev–Trinajstić information content (AvgIpc) is 2.93. The number of anilines is 2. The summed E-state index contributed by atoms with van der Waals surface area (Å²) in [7, 11) is 0. The van der Waals surface area contributed by atoms with Crippen LogP contribution in [0.3, 0.4) is 0 Å². The summed E-state index contributed by atoms with van der Waals surface area (Å²) in [6.45, 7) is 7.50. The molecule has 1 unspecified atom stereocenters. The van der Waals surface area contributed by atoms with Gasteiger partial charge >= 0.3 is 12.0 Å². The lowest BCUT2D eigenvalue weighted by atomic mass is 9.96. The molecule has 222 valence electrons. The highest BCUT2D eigenvalue weighted by Gasteiger charge is 2.21. The number of aliphatic carboxylic acids is 1. The Hall–Kier alpha value is -4.86. The number of carboxylic acids is 1. The van der Waals surface area contributed by atoms with Gasteiger partial charge in [-0.2, -0.15) is 0 Å². The molecule has 0 heterocycles. The molecule has 1 atom stereocenters. The number of amides is 4. The van der Waals surface area contributed by atoms with E-state index in [1.807, 2.05) is 58.0 Å². The van der Waals surface area contributed by atoms with E-state index in [1.165, 1.54) is 0 Å². The molecule has 5 N–H and O–H groups in total. The zero-order chi connectivity index (χ0) is 30.6. The van der Waals surface area contributed by atoms with Gasteiger partial charge in [0.1, 0.15) is 5.75 Å². The van der Waals surface area contributed by atoms with Crippen molar-refractivity contribution < 1.29 is 29.0 Å². The normalized spacial score (nSPS) is 11.4. The van der Waals surface area contributed by atoms with Gasteiger partial charge in [-0.25, -0.2) is 4.79 Å². The minimum absolute atomic E-state index is 0.168. The Morgan fingerprint density at radius 2 is 1.62 bits per heavy atom. The van der Waals surface area contributed by atoms with Crippen molar-refractivity contribution in [3.05, 3.63) is 89.0 Å². The number of nitrogens with one attached hydrogen (secondary N) is 4. The topological polar surface area (TPSA) is 146 Å². The highest BCUT2D eigenvalue weighted by atomic mass is 16.5. The third kappa shape index (κ3) is 9.96. The molecule has 3 aromatic carbocycles. The van der Waals surface area contributed by atoms with Crippen LogP contribution in [-0.2, 0) is 20.8 Å². The van der Waals surface area contributed by atoms with Crippen molar-refractivity contribution in [2.75, 3.05) is 23.8 Å². The Morgan fingerprint density at radius 1 is 0.881 bits per heavy atom. The maximum atomic E-state index is 12.9. The summed E-state index contributed by atoms with van der Waals surface area (Å²) in [5, 5.41) is 20.0. The summed E-state index contributed by atoms with van der Waals surface area (Å²) >= 11 is 0. The van der Waals surface area contributed by atoms with Gasteiger partial charge in [0.15, 0.2) is 6.61 Å². The number of ether oxygens (including phenoxy) is 1. The summed E-state index contributed by atoms with van der Waals surface area (Å²) in [5.74, 6) is -0.974. The number of benzene rings is 3. The largest absolute Gasteiger partial charge is 0.483 e.